The van der Waals surface area contributed by atoms with Crippen molar-refractivity contribution in [1.82, 2.24) is 15.0 Å². The van der Waals surface area contributed by atoms with Crippen LogP contribution < -0.4 is 0 Å². The molecule has 2 aromatic heterocycles. The Morgan fingerprint density at radius 2 is 1.06 bits per heavy atom. The van der Waals surface area contributed by atoms with E-state index in [0.29, 0.717) is 23.0 Å². The summed E-state index contributed by atoms with van der Waals surface area (Å²) < 4.78 is 2.33. The van der Waals surface area contributed by atoms with Crippen LogP contribution in [0.15, 0.2) is 97.1 Å². The highest BCUT2D eigenvalue weighted by Gasteiger charge is 2.14. The molecule has 0 spiro atoms. The topological polar surface area (TPSA) is 62.5 Å². The van der Waals surface area contributed by atoms with Crippen LogP contribution >= 0.6 is 11.3 Å². The van der Waals surface area contributed by atoms with Crippen LogP contribution in [0.4, 0.5) is 0 Å². The molecule has 0 atom stereocenters. The minimum absolute atomic E-state index is 0.625. The molecule has 2 heterocycles. The van der Waals surface area contributed by atoms with Gasteiger partial charge in [-0.05, 0) is 36.4 Å². The van der Waals surface area contributed by atoms with Crippen molar-refractivity contribution < 1.29 is 0 Å². The normalized spacial score (nSPS) is 11.0. The fourth-order valence-electron chi connectivity index (χ4n) is 3.92. The highest BCUT2D eigenvalue weighted by Crippen LogP contribution is 2.36. The zero-order valence-electron chi connectivity index (χ0n) is 17.4. The maximum absolute atomic E-state index is 9.34. The molecule has 0 bridgehead atoms. The Morgan fingerprint density at radius 3 is 1.64 bits per heavy atom. The second-order valence-electron chi connectivity index (χ2n) is 7.67. The minimum atomic E-state index is 0.625. The van der Waals surface area contributed by atoms with Gasteiger partial charge in [0.25, 0.3) is 0 Å². The average Bonchev–Trinajstić information content (AvgIpc) is 3.26. The van der Waals surface area contributed by atoms with Crippen LogP contribution in [0, 0.1) is 11.3 Å². The molecule has 0 aliphatic carbocycles. The van der Waals surface area contributed by atoms with Crippen LogP contribution in [-0.2, 0) is 0 Å². The Kier molecular flexibility index (Phi) is 4.64. The molecular weight excluding hydrogens is 424 g/mol. The van der Waals surface area contributed by atoms with Gasteiger partial charge >= 0.3 is 0 Å². The molecule has 0 aliphatic heterocycles. The van der Waals surface area contributed by atoms with E-state index in [-0.39, 0.29) is 0 Å². The molecular formula is C28H16N4S. The SMILES string of the molecule is N#Cc1ccc2sc3ccc(-c4nc(-c5ccccc5)nc(-c5ccccc5)n4)cc3c2c1. The number of nitrogens with zero attached hydrogens (tertiary/aromatic N) is 4. The molecule has 0 radical (unpaired) electrons. The summed E-state index contributed by atoms with van der Waals surface area (Å²) in [5.41, 5.74) is 3.46. The van der Waals surface area contributed by atoms with Crippen molar-refractivity contribution >= 4 is 31.5 Å². The molecule has 0 saturated heterocycles. The lowest BCUT2D eigenvalue weighted by Crippen LogP contribution is -2.00. The number of hydrogen-bond donors (Lipinski definition) is 0. The lowest BCUT2D eigenvalue weighted by Gasteiger charge is -2.08. The second-order valence-corrected chi connectivity index (χ2v) is 8.76. The molecule has 0 saturated carbocycles. The number of fused-ring (bicyclic) bond motifs is 3. The molecule has 5 heteroatoms. The number of benzene rings is 4. The van der Waals surface area contributed by atoms with Crippen LogP contribution in [0.1, 0.15) is 5.56 Å². The maximum atomic E-state index is 9.34. The van der Waals surface area contributed by atoms with Crippen molar-refractivity contribution in [3.8, 4) is 40.2 Å². The number of nitriles is 1. The molecule has 154 valence electrons. The largest absolute Gasteiger partial charge is 0.208 e. The Labute approximate surface area is 194 Å². The predicted octanol–water partition coefficient (Wildman–Crippen LogP) is 7.11. The smallest absolute Gasteiger partial charge is 0.164 e. The van der Waals surface area contributed by atoms with Gasteiger partial charge in [0, 0.05) is 36.9 Å². The van der Waals surface area contributed by atoms with E-state index in [0.717, 1.165) is 32.2 Å². The van der Waals surface area contributed by atoms with Gasteiger partial charge in [0.05, 0.1) is 11.6 Å². The maximum Gasteiger partial charge on any atom is 0.164 e. The minimum Gasteiger partial charge on any atom is -0.208 e. The fourth-order valence-corrected chi connectivity index (χ4v) is 4.99. The Morgan fingerprint density at radius 1 is 0.545 bits per heavy atom. The van der Waals surface area contributed by atoms with E-state index in [1.54, 1.807) is 11.3 Å². The summed E-state index contributed by atoms with van der Waals surface area (Å²) in [6.45, 7) is 0. The number of thiophene rings is 1. The second kappa shape index (κ2) is 7.94. The van der Waals surface area contributed by atoms with E-state index in [2.05, 4.69) is 24.3 Å². The van der Waals surface area contributed by atoms with Crippen LogP contribution in [-0.4, -0.2) is 15.0 Å². The Hall–Kier alpha value is -4.40. The molecule has 33 heavy (non-hydrogen) atoms. The zero-order chi connectivity index (χ0) is 22.2. The van der Waals surface area contributed by atoms with Crippen LogP contribution in [0.5, 0.6) is 0 Å². The molecule has 6 rings (SSSR count). The Balaban J connectivity index is 1.57. The summed E-state index contributed by atoms with van der Waals surface area (Å²) in [6.07, 6.45) is 0. The molecule has 6 aromatic rings. The average molecular weight is 441 g/mol. The standard InChI is InChI=1S/C28H16N4S/c29-17-18-11-13-24-22(15-18)23-16-21(12-14-25(23)33-24)28-31-26(19-7-3-1-4-8-19)30-27(32-28)20-9-5-2-6-10-20/h1-16H. The van der Waals surface area contributed by atoms with Crippen molar-refractivity contribution in [1.29, 1.82) is 5.26 Å². The van der Waals surface area contributed by atoms with Gasteiger partial charge < -0.3 is 0 Å². The van der Waals surface area contributed by atoms with Crippen LogP contribution in [0.25, 0.3) is 54.3 Å². The quantitative estimate of drug-likeness (QED) is 0.294. The van der Waals surface area contributed by atoms with Crippen molar-refractivity contribution in [2.45, 2.75) is 0 Å². The lowest BCUT2D eigenvalue weighted by atomic mass is 10.1. The summed E-state index contributed by atoms with van der Waals surface area (Å²) in [5, 5.41) is 11.5. The van der Waals surface area contributed by atoms with E-state index >= 15 is 0 Å². The summed E-state index contributed by atoms with van der Waals surface area (Å²) in [5.74, 6) is 1.91. The highest BCUT2D eigenvalue weighted by molar-refractivity contribution is 7.25. The van der Waals surface area contributed by atoms with Gasteiger partial charge in [-0.25, -0.2) is 15.0 Å². The first kappa shape index (κ1) is 19.3. The first-order valence-corrected chi connectivity index (χ1v) is 11.3. The first-order chi connectivity index (χ1) is 16.3. The molecule has 0 fully saturated rings. The Bertz CT molecular complexity index is 1610. The monoisotopic (exact) mass is 440 g/mol. The fraction of sp³-hybridized carbons (Fsp3) is 0. The highest BCUT2D eigenvalue weighted by atomic mass is 32.1. The van der Waals surface area contributed by atoms with Gasteiger partial charge in [-0.2, -0.15) is 5.26 Å². The van der Waals surface area contributed by atoms with Crippen LogP contribution in [0.2, 0.25) is 0 Å². The van der Waals surface area contributed by atoms with Gasteiger partial charge in [0.2, 0.25) is 0 Å². The van der Waals surface area contributed by atoms with E-state index in [9.17, 15) is 5.26 Å². The third kappa shape index (κ3) is 3.53. The number of hydrogen-bond acceptors (Lipinski definition) is 5. The molecule has 0 aliphatic rings. The number of rotatable bonds is 3. The lowest BCUT2D eigenvalue weighted by molar-refractivity contribution is 1.07. The van der Waals surface area contributed by atoms with E-state index < -0.39 is 0 Å². The van der Waals surface area contributed by atoms with E-state index in [4.69, 9.17) is 15.0 Å². The van der Waals surface area contributed by atoms with Crippen molar-refractivity contribution in [2.75, 3.05) is 0 Å². The van der Waals surface area contributed by atoms with Gasteiger partial charge in [-0.1, -0.05) is 60.7 Å². The molecule has 4 nitrogen and oxygen atoms in total. The summed E-state index contributed by atoms with van der Waals surface area (Å²) in [7, 11) is 0. The summed E-state index contributed by atoms with van der Waals surface area (Å²) in [4.78, 5) is 14.4. The molecule has 0 unspecified atom stereocenters. The molecule has 4 aromatic carbocycles. The summed E-state index contributed by atoms with van der Waals surface area (Å²) in [6, 6.07) is 34.3. The van der Waals surface area contributed by atoms with Crippen molar-refractivity contribution in [3.63, 3.8) is 0 Å². The third-order valence-electron chi connectivity index (χ3n) is 5.56. The van der Waals surface area contributed by atoms with Gasteiger partial charge in [-0.3, -0.25) is 0 Å². The van der Waals surface area contributed by atoms with E-state index in [1.165, 1.54) is 4.70 Å². The van der Waals surface area contributed by atoms with Crippen molar-refractivity contribution in [3.05, 3.63) is 103 Å². The van der Waals surface area contributed by atoms with Crippen molar-refractivity contribution in [2.24, 2.45) is 0 Å². The third-order valence-corrected chi connectivity index (χ3v) is 6.71. The molecule has 0 amide bonds. The van der Waals surface area contributed by atoms with Gasteiger partial charge in [0.1, 0.15) is 0 Å². The summed E-state index contributed by atoms with van der Waals surface area (Å²) >= 11 is 1.72. The van der Waals surface area contributed by atoms with Gasteiger partial charge in [0.15, 0.2) is 17.5 Å². The van der Waals surface area contributed by atoms with Crippen LogP contribution in [0.3, 0.4) is 0 Å². The first-order valence-electron chi connectivity index (χ1n) is 10.5. The predicted molar refractivity (Wildman–Crippen MR) is 134 cm³/mol. The molecule has 0 N–H and O–H groups in total. The van der Waals surface area contributed by atoms with E-state index in [1.807, 2.05) is 78.9 Å². The number of aromatic nitrogens is 3. The van der Waals surface area contributed by atoms with Gasteiger partial charge in [-0.15, -0.1) is 11.3 Å². The zero-order valence-corrected chi connectivity index (χ0v) is 18.3.